The monoisotopic (exact) mass is 392 g/mol. The van der Waals surface area contributed by atoms with Gasteiger partial charge in [0, 0.05) is 48.3 Å². The highest BCUT2D eigenvalue weighted by Crippen LogP contribution is 2.37. The lowest BCUT2D eigenvalue weighted by atomic mass is 9.78. The van der Waals surface area contributed by atoms with E-state index in [0.29, 0.717) is 22.1 Å². The predicted octanol–water partition coefficient (Wildman–Crippen LogP) is 2.81. The lowest BCUT2D eigenvalue weighted by molar-refractivity contribution is 0.00578. The van der Waals surface area contributed by atoms with Crippen molar-refractivity contribution in [2.24, 2.45) is 0 Å². The number of nitrogens with zero attached hydrogens (tertiary/aromatic N) is 2. The maximum atomic E-state index is 13.0. The van der Waals surface area contributed by atoms with E-state index in [4.69, 9.17) is 20.9 Å². The Morgan fingerprint density at radius 3 is 2.15 bits per heavy atom. The van der Waals surface area contributed by atoms with Gasteiger partial charge in [0.1, 0.15) is 0 Å². The molecule has 0 saturated carbocycles. The molecule has 3 rings (SSSR count). The molecule has 0 aliphatic carbocycles. The molecule has 0 unspecified atom stereocenters. The second-order valence-electron chi connectivity index (χ2n) is 8.75. The van der Waals surface area contributed by atoms with Gasteiger partial charge in [0.15, 0.2) is 0 Å². The third-order valence-corrected chi connectivity index (χ3v) is 6.43. The summed E-state index contributed by atoms with van der Waals surface area (Å²) >= 11 is 6.42. The molecule has 2 fully saturated rings. The van der Waals surface area contributed by atoms with Crippen molar-refractivity contribution in [3.8, 4) is 0 Å². The van der Waals surface area contributed by atoms with E-state index in [1.807, 2.05) is 38.7 Å². The van der Waals surface area contributed by atoms with Crippen LogP contribution in [0.25, 0.3) is 0 Å². The Hall–Kier alpha value is -1.08. The molecule has 0 aromatic heterocycles. The molecule has 0 radical (unpaired) electrons. The molecule has 148 valence electrons. The third kappa shape index (κ3) is 4.04. The van der Waals surface area contributed by atoms with Crippen LogP contribution >= 0.6 is 11.6 Å². The Kier molecular flexibility index (Phi) is 5.66. The van der Waals surface area contributed by atoms with Crippen molar-refractivity contribution in [1.82, 2.24) is 9.80 Å². The highest BCUT2D eigenvalue weighted by atomic mass is 35.5. The molecule has 2 aliphatic rings. The number of halogens is 1. The van der Waals surface area contributed by atoms with Crippen molar-refractivity contribution in [2.45, 2.75) is 58.8 Å². The summed E-state index contributed by atoms with van der Waals surface area (Å²) in [4.78, 5) is 17.3. The number of hydrogen-bond acceptors (Lipinski definition) is 4. The standard InChI is InChI=1S/C20H30BClN2O3/c1-14(2)23-9-11-24(12-10-23)18(25)15-7-8-17(22)16(13-15)21-26-19(3,4)20(5,6)27-21/h7-8,13-14H,9-12H2,1-6H3. The van der Waals surface area contributed by atoms with Gasteiger partial charge in [-0.25, -0.2) is 0 Å². The smallest absolute Gasteiger partial charge is 0.399 e. The minimum Gasteiger partial charge on any atom is -0.399 e. The van der Waals surface area contributed by atoms with Crippen molar-refractivity contribution >= 4 is 30.1 Å². The largest absolute Gasteiger partial charge is 0.496 e. The molecule has 0 N–H and O–H groups in total. The summed E-state index contributed by atoms with van der Waals surface area (Å²) in [6.07, 6.45) is 0. The zero-order valence-electron chi connectivity index (χ0n) is 17.2. The first-order chi connectivity index (χ1) is 12.5. The van der Waals surface area contributed by atoms with Gasteiger partial charge in [-0.1, -0.05) is 11.6 Å². The van der Waals surface area contributed by atoms with E-state index in [9.17, 15) is 4.79 Å². The molecule has 1 aromatic carbocycles. The van der Waals surface area contributed by atoms with E-state index in [2.05, 4.69) is 18.7 Å². The zero-order valence-corrected chi connectivity index (χ0v) is 18.0. The fourth-order valence-electron chi connectivity index (χ4n) is 3.45. The van der Waals surface area contributed by atoms with Crippen LogP contribution in [0.4, 0.5) is 0 Å². The van der Waals surface area contributed by atoms with Crippen molar-refractivity contribution in [1.29, 1.82) is 0 Å². The number of carbonyl (C=O) groups is 1. The Labute approximate surface area is 168 Å². The fourth-order valence-corrected chi connectivity index (χ4v) is 3.66. The minimum atomic E-state index is -0.576. The van der Waals surface area contributed by atoms with Gasteiger partial charge in [-0.3, -0.25) is 9.69 Å². The van der Waals surface area contributed by atoms with E-state index in [-0.39, 0.29) is 5.91 Å². The van der Waals surface area contributed by atoms with Gasteiger partial charge >= 0.3 is 7.12 Å². The Balaban J connectivity index is 1.77. The van der Waals surface area contributed by atoms with Crippen LogP contribution in [-0.2, 0) is 9.31 Å². The topological polar surface area (TPSA) is 42.0 Å². The molecule has 0 atom stereocenters. The molecule has 0 spiro atoms. The SMILES string of the molecule is CC(C)N1CCN(C(=O)c2ccc(Cl)c(B3OC(C)(C)C(C)(C)O3)c2)CC1. The molecular formula is C20H30BClN2O3. The number of rotatable bonds is 3. The number of piperazine rings is 1. The molecule has 5 nitrogen and oxygen atoms in total. The lowest BCUT2D eigenvalue weighted by Gasteiger charge is -2.37. The van der Waals surface area contributed by atoms with E-state index in [1.165, 1.54) is 0 Å². The van der Waals surface area contributed by atoms with Crippen LogP contribution in [-0.4, -0.2) is 66.2 Å². The molecule has 0 bridgehead atoms. The van der Waals surface area contributed by atoms with Gasteiger partial charge in [-0.15, -0.1) is 0 Å². The molecular weight excluding hydrogens is 362 g/mol. The summed E-state index contributed by atoms with van der Waals surface area (Å²) in [6, 6.07) is 5.88. The molecule has 2 heterocycles. The van der Waals surface area contributed by atoms with Crippen LogP contribution in [0.5, 0.6) is 0 Å². The van der Waals surface area contributed by atoms with Gasteiger partial charge in [0.25, 0.3) is 5.91 Å². The maximum Gasteiger partial charge on any atom is 0.496 e. The lowest BCUT2D eigenvalue weighted by Crippen LogP contribution is -2.50. The van der Waals surface area contributed by atoms with Gasteiger partial charge in [-0.05, 0) is 59.7 Å². The van der Waals surface area contributed by atoms with Crippen molar-refractivity contribution < 1.29 is 14.1 Å². The molecule has 1 amide bonds. The second kappa shape index (κ2) is 7.39. The summed E-state index contributed by atoms with van der Waals surface area (Å²) < 4.78 is 12.2. The van der Waals surface area contributed by atoms with E-state index in [0.717, 1.165) is 26.2 Å². The van der Waals surface area contributed by atoms with Gasteiger partial charge in [0.2, 0.25) is 0 Å². The molecule has 2 aliphatic heterocycles. The number of carbonyl (C=O) groups excluding carboxylic acids is 1. The van der Waals surface area contributed by atoms with Crippen LogP contribution in [0.3, 0.4) is 0 Å². The van der Waals surface area contributed by atoms with Crippen LogP contribution in [0.1, 0.15) is 51.9 Å². The summed E-state index contributed by atoms with van der Waals surface area (Å²) in [5, 5.41) is 0.551. The summed E-state index contributed by atoms with van der Waals surface area (Å²) in [5.41, 5.74) is 0.437. The van der Waals surface area contributed by atoms with E-state index in [1.54, 1.807) is 12.1 Å². The Morgan fingerprint density at radius 1 is 1.07 bits per heavy atom. The first-order valence-corrected chi connectivity index (χ1v) is 10.1. The third-order valence-electron chi connectivity index (χ3n) is 6.08. The summed E-state index contributed by atoms with van der Waals surface area (Å²) in [7, 11) is -0.576. The van der Waals surface area contributed by atoms with Crippen LogP contribution in [0.15, 0.2) is 18.2 Å². The quantitative estimate of drug-likeness (QED) is 0.742. The average molecular weight is 393 g/mol. The Morgan fingerprint density at radius 2 is 1.63 bits per heavy atom. The Bertz CT molecular complexity index is 699. The highest BCUT2D eigenvalue weighted by molar-refractivity contribution is 6.65. The number of benzene rings is 1. The molecule has 2 saturated heterocycles. The minimum absolute atomic E-state index is 0.0350. The maximum absolute atomic E-state index is 13.0. The fraction of sp³-hybridized carbons (Fsp3) is 0.650. The molecule has 1 aromatic rings. The first-order valence-electron chi connectivity index (χ1n) is 9.70. The highest BCUT2D eigenvalue weighted by Gasteiger charge is 2.52. The van der Waals surface area contributed by atoms with Crippen LogP contribution in [0.2, 0.25) is 5.02 Å². The van der Waals surface area contributed by atoms with E-state index < -0.39 is 18.3 Å². The molecule has 27 heavy (non-hydrogen) atoms. The van der Waals surface area contributed by atoms with Gasteiger partial charge in [0.05, 0.1) is 11.2 Å². The summed E-state index contributed by atoms with van der Waals surface area (Å²) in [6.45, 7) is 15.7. The number of hydrogen-bond donors (Lipinski definition) is 0. The van der Waals surface area contributed by atoms with Crippen molar-refractivity contribution in [3.05, 3.63) is 28.8 Å². The van der Waals surface area contributed by atoms with Crippen molar-refractivity contribution in [2.75, 3.05) is 26.2 Å². The van der Waals surface area contributed by atoms with E-state index >= 15 is 0 Å². The number of amides is 1. The zero-order chi connectivity index (χ0) is 20.0. The second-order valence-corrected chi connectivity index (χ2v) is 9.15. The van der Waals surface area contributed by atoms with Crippen LogP contribution in [0, 0.1) is 0 Å². The van der Waals surface area contributed by atoms with Gasteiger partial charge in [-0.2, -0.15) is 0 Å². The first kappa shape index (κ1) is 20.7. The normalized spacial score (nSPS) is 22.5. The summed E-state index contributed by atoms with van der Waals surface area (Å²) in [5.74, 6) is 0.0350. The van der Waals surface area contributed by atoms with Gasteiger partial charge < -0.3 is 14.2 Å². The average Bonchev–Trinajstić information content (AvgIpc) is 2.82. The predicted molar refractivity (Wildman–Crippen MR) is 110 cm³/mol. The molecule has 7 heteroatoms. The van der Waals surface area contributed by atoms with Crippen molar-refractivity contribution in [3.63, 3.8) is 0 Å². The van der Waals surface area contributed by atoms with Crippen LogP contribution < -0.4 is 5.46 Å².